The summed E-state index contributed by atoms with van der Waals surface area (Å²) < 4.78 is 9.04. The van der Waals surface area contributed by atoms with Crippen molar-refractivity contribution in [1.82, 2.24) is 0 Å². The molecule has 0 saturated carbocycles. The Morgan fingerprint density at radius 3 is 2.73 bits per heavy atom. The van der Waals surface area contributed by atoms with Crippen LogP contribution in [0.1, 0.15) is 13.3 Å². The Morgan fingerprint density at radius 2 is 2.36 bits per heavy atom. The molecule has 0 bridgehead atoms. The van der Waals surface area contributed by atoms with Crippen molar-refractivity contribution < 1.29 is 19.1 Å². The van der Waals surface area contributed by atoms with Gasteiger partial charge in [0.05, 0.1) is 6.42 Å². The normalized spacial score (nSPS) is 23.2. The monoisotopic (exact) mass is 174 g/mol. The number of ether oxygens (including phenoxy) is 2. The number of hydrogen-bond donors (Lipinski definition) is 0. The first-order valence-corrected chi connectivity index (χ1v) is 3.42. The summed E-state index contributed by atoms with van der Waals surface area (Å²) in [5.41, 5.74) is 0. The number of esters is 2. The third-order valence-electron chi connectivity index (χ3n) is 1.14. The standard InChI is InChI=1S/C6H6O4S/c1-3(11)9-4-2-5(7)10-6(4)8/h4H,2H2,1H3/t4-/m0/s1. The van der Waals surface area contributed by atoms with E-state index < -0.39 is 18.0 Å². The molecule has 0 aromatic heterocycles. The van der Waals surface area contributed by atoms with Crippen molar-refractivity contribution >= 4 is 29.2 Å². The average Bonchev–Trinajstić information content (AvgIpc) is 2.09. The molecule has 0 spiro atoms. The molecular formula is C6H6O4S. The molecule has 1 saturated heterocycles. The van der Waals surface area contributed by atoms with Crippen molar-refractivity contribution in [2.75, 3.05) is 0 Å². The van der Waals surface area contributed by atoms with Crippen LogP contribution >= 0.6 is 12.2 Å². The van der Waals surface area contributed by atoms with Gasteiger partial charge in [-0.25, -0.2) is 4.79 Å². The zero-order valence-corrected chi connectivity index (χ0v) is 6.64. The van der Waals surface area contributed by atoms with Crippen LogP contribution in [0.4, 0.5) is 0 Å². The van der Waals surface area contributed by atoms with Crippen LogP contribution in [-0.4, -0.2) is 23.1 Å². The zero-order chi connectivity index (χ0) is 8.43. The molecule has 60 valence electrons. The van der Waals surface area contributed by atoms with Crippen LogP contribution in [0.3, 0.4) is 0 Å². The molecule has 0 unspecified atom stereocenters. The van der Waals surface area contributed by atoms with Gasteiger partial charge in [0, 0.05) is 6.92 Å². The molecule has 1 aliphatic rings. The van der Waals surface area contributed by atoms with E-state index >= 15 is 0 Å². The highest BCUT2D eigenvalue weighted by atomic mass is 32.1. The molecule has 1 fully saturated rings. The summed E-state index contributed by atoms with van der Waals surface area (Å²) in [6.45, 7) is 1.53. The molecule has 0 aliphatic carbocycles. The van der Waals surface area contributed by atoms with Crippen molar-refractivity contribution in [1.29, 1.82) is 0 Å². The molecule has 1 atom stereocenters. The number of carbonyl (C=O) groups excluding carboxylic acids is 2. The van der Waals surface area contributed by atoms with Gasteiger partial charge in [0.25, 0.3) is 0 Å². The minimum Gasteiger partial charge on any atom is -0.472 e. The minimum absolute atomic E-state index is 0.0349. The highest BCUT2D eigenvalue weighted by molar-refractivity contribution is 7.80. The van der Waals surface area contributed by atoms with E-state index in [1.807, 2.05) is 0 Å². The fourth-order valence-electron chi connectivity index (χ4n) is 0.744. The first-order chi connectivity index (χ1) is 5.09. The highest BCUT2D eigenvalue weighted by Crippen LogP contribution is 2.11. The number of thiocarbonyl (C=S) groups is 1. The minimum atomic E-state index is -0.819. The van der Waals surface area contributed by atoms with Crippen molar-refractivity contribution in [3.63, 3.8) is 0 Å². The Bertz CT molecular complexity index is 223. The fraction of sp³-hybridized carbons (Fsp3) is 0.500. The number of rotatable bonds is 1. The van der Waals surface area contributed by atoms with Gasteiger partial charge in [-0.3, -0.25) is 4.79 Å². The van der Waals surface area contributed by atoms with E-state index in [0.717, 1.165) is 0 Å². The Labute approximate surface area is 68.5 Å². The van der Waals surface area contributed by atoms with Gasteiger partial charge in [-0.05, 0) is 12.2 Å². The van der Waals surface area contributed by atoms with Crippen molar-refractivity contribution in [3.8, 4) is 0 Å². The molecule has 1 rings (SSSR count). The van der Waals surface area contributed by atoms with E-state index in [4.69, 9.17) is 4.74 Å². The summed E-state index contributed by atoms with van der Waals surface area (Å²) in [7, 11) is 0. The largest absolute Gasteiger partial charge is 0.472 e. The third-order valence-corrected chi connectivity index (χ3v) is 1.23. The van der Waals surface area contributed by atoms with E-state index in [2.05, 4.69) is 17.0 Å². The molecule has 11 heavy (non-hydrogen) atoms. The van der Waals surface area contributed by atoms with E-state index in [-0.39, 0.29) is 11.5 Å². The lowest BCUT2D eigenvalue weighted by molar-refractivity contribution is -0.154. The molecule has 0 amide bonds. The maximum Gasteiger partial charge on any atom is 0.355 e. The van der Waals surface area contributed by atoms with Crippen LogP contribution in [0.2, 0.25) is 0 Å². The molecule has 1 aliphatic heterocycles. The van der Waals surface area contributed by atoms with Crippen LogP contribution in [0, 0.1) is 0 Å². The zero-order valence-electron chi connectivity index (χ0n) is 5.83. The second kappa shape index (κ2) is 2.96. The topological polar surface area (TPSA) is 52.6 Å². The van der Waals surface area contributed by atoms with Gasteiger partial charge in [-0.1, -0.05) is 0 Å². The number of cyclic esters (lactones) is 2. The summed E-state index contributed by atoms with van der Waals surface area (Å²) >= 11 is 4.58. The Morgan fingerprint density at radius 1 is 1.73 bits per heavy atom. The van der Waals surface area contributed by atoms with Gasteiger partial charge in [0.1, 0.15) is 0 Å². The van der Waals surface area contributed by atoms with Crippen LogP contribution in [-0.2, 0) is 19.1 Å². The predicted octanol–water partition coefficient (Wildman–Crippen LogP) is 0.192. The summed E-state index contributed by atoms with van der Waals surface area (Å²) in [5.74, 6) is -1.21. The van der Waals surface area contributed by atoms with E-state index in [0.29, 0.717) is 0 Å². The number of carbonyl (C=O) groups is 2. The van der Waals surface area contributed by atoms with E-state index in [1.54, 1.807) is 0 Å². The molecular weight excluding hydrogens is 168 g/mol. The molecule has 0 N–H and O–H groups in total. The third kappa shape index (κ3) is 1.98. The first-order valence-electron chi connectivity index (χ1n) is 3.01. The lowest BCUT2D eigenvalue weighted by Gasteiger charge is -2.04. The van der Waals surface area contributed by atoms with Crippen molar-refractivity contribution in [2.45, 2.75) is 19.4 Å². The SMILES string of the molecule is CC(=S)O[C@H]1CC(=O)OC1=O. The smallest absolute Gasteiger partial charge is 0.355 e. The summed E-state index contributed by atoms with van der Waals surface area (Å²) in [6, 6.07) is 0. The van der Waals surface area contributed by atoms with Crippen molar-refractivity contribution in [3.05, 3.63) is 0 Å². The van der Waals surface area contributed by atoms with Crippen molar-refractivity contribution in [2.24, 2.45) is 0 Å². The Balaban J connectivity index is 2.53. The maximum absolute atomic E-state index is 10.7. The number of hydrogen-bond acceptors (Lipinski definition) is 5. The van der Waals surface area contributed by atoms with Gasteiger partial charge in [-0.2, -0.15) is 0 Å². The van der Waals surface area contributed by atoms with E-state index in [1.165, 1.54) is 6.92 Å². The first kappa shape index (κ1) is 8.13. The second-order valence-electron chi connectivity index (χ2n) is 2.10. The quantitative estimate of drug-likeness (QED) is 0.323. The highest BCUT2D eigenvalue weighted by Gasteiger charge is 2.35. The summed E-state index contributed by atoms with van der Waals surface area (Å²) in [4.78, 5) is 21.2. The van der Waals surface area contributed by atoms with Crippen LogP contribution in [0.5, 0.6) is 0 Å². The summed E-state index contributed by atoms with van der Waals surface area (Å²) in [5, 5.41) is 0.238. The lowest BCUT2D eigenvalue weighted by atomic mass is 10.3. The fourth-order valence-corrected chi connectivity index (χ4v) is 0.861. The van der Waals surface area contributed by atoms with Gasteiger partial charge in [-0.15, -0.1) is 0 Å². The molecule has 4 nitrogen and oxygen atoms in total. The van der Waals surface area contributed by atoms with Crippen LogP contribution in [0.25, 0.3) is 0 Å². The van der Waals surface area contributed by atoms with Gasteiger partial charge in [0.15, 0.2) is 5.05 Å². The second-order valence-corrected chi connectivity index (χ2v) is 2.67. The molecule has 0 aromatic rings. The molecule has 0 radical (unpaired) electrons. The van der Waals surface area contributed by atoms with Gasteiger partial charge >= 0.3 is 11.9 Å². The molecule has 5 heteroatoms. The Kier molecular flexibility index (Phi) is 2.19. The average molecular weight is 174 g/mol. The van der Waals surface area contributed by atoms with Gasteiger partial charge < -0.3 is 9.47 Å². The molecule has 0 aromatic carbocycles. The maximum atomic E-state index is 10.7. The van der Waals surface area contributed by atoms with Crippen LogP contribution in [0.15, 0.2) is 0 Å². The van der Waals surface area contributed by atoms with Crippen LogP contribution < -0.4 is 0 Å². The lowest BCUT2D eigenvalue weighted by Crippen LogP contribution is -2.20. The molecule has 1 heterocycles. The predicted molar refractivity (Wildman–Crippen MR) is 38.9 cm³/mol. The Hall–Kier alpha value is -0.970. The van der Waals surface area contributed by atoms with E-state index in [9.17, 15) is 9.59 Å². The van der Waals surface area contributed by atoms with Gasteiger partial charge in [0.2, 0.25) is 6.10 Å². The summed E-state index contributed by atoms with van der Waals surface area (Å²) in [6.07, 6.45) is -0.854.